The first-order chi connectivity index (χ1) is 17.4. The second kappa shape index (κ2) is 11.9. The van der Waals surface area contributed by atoms with Gasteiger partial charge in [-0.25, -0.2) is 0 Å². The molecule has 0 bridgehead atoms. The first-order valence-electron chi connectivity index (χ1n) is 11.4. The monoisotopic (exact) mass is 546 g/mol. The second-order valence-corrected chi connectivity index (χ2v) is 9.38. The number of aromatic amines is 1. The Morgan fingerprint density at radius 3 is 2.50 bits per heavy atom. The van der Waals surface area contributed by atoms with Gasteiger partial charge >= 0.3 is 5.97 Å². The van der Waals surface area contributed by atoms with Gasteiger partial charge < -0.3 is 24.9 Å². The number of nitrogens with one attached hydrogen (secondary N) is 2. The number of hydrogen-bond acceptors (Lipinski definition) is 4. The second-order valence-electron chi connectivity index (χ2n) is 8.16. The summed E-state index contributed by atoms with van der Waals surface area (Å²) in [5.74, 6) is -0.117. The minimum atomic E-state index is -0.937. The number of ether oxygens (including phenoxy) is 2. The SMILES string of the molecule is CCOc1cc(CN[C@H](Cc2c[nH]c3ccccc23)C(=O)O)cc(Cl)c1OCc1c(Cl)cccc1Cl. The van der Waals surface area contributed by atoms with Gasteiger partial charge in [-0.1, -0.05) is 59.1 Å². The molecule has 0 aliphatic heterocycles. The molecule has 0 fully saturated rings. The molecule has 0 radical (unpaired) electrons. The van der Waals surface area contributed by atoms with Crippen molar-refractivity contribution in [1.82, 2.24) is 10.3 Å². The summed E-state index contributed by atoms with van der Waals surface area (Å²) in [6.07, 6.45) is 2.18. The third-order valence-electron chi connectivity index (χ3n) is 5.74. The predicted octanol–water partition coefficient (Wildman–Crippen LogP) is 6.89. The fraction of sp³-hybridized carbons (Fsp3) is 0.222. The molecule has 4 rings (SSSR count). The van der Waals surface area contributed by atoms with E-state index in [1.807, 2.05) is 37.4 Å². The first-order valence-corrected chi connectivity index (χ1v) is 12.5. The van der Waals surface area contributed by atoms with E-state index in [-0.39, 0.29) is 13.2 Å². The van der Waals surface area contributed by atoms with Crippen LogP contribution in [0.1, 0.15) is 23.6 Å². The topological polar surface area (TPSA) is 83.6 Å². The van der Waals surface area contributed by atoms with Crippen LogP contribution < -0.4 is 14.8 Å². The van der Waals surface area contributed by atoms with Crippen LogP contribution in [0.25, 0.3) is 10.9 Å². The summed E-state index contributed by atoms with van der Waals surface area (Å²) in [4.78, 5) is 15.2. The largest absolute Gasteiger partial charge is 0.490 e. The van der Waals surface area contributed by atoms with Crippen LogP contribution in [0.2, 0.25) is 15.1 Å². The lowest BCUT2D eigenvalue weighted by Gasteiger charge is -2.18. The van der Waals surface area contributed by atoms with Gasteiger partial charge in [-0.3, -0.25) is 4.79 Å². The molecule has 0 aliphatic carbocycles. The van der Waals surface area contributed by atoms with E-state index in [0.717, 1.165) is 22.0 Å². The van der Waals surface area contributed by atoms with Crippen LogP contribution in [0.4, 0.5) is 0 Å². The number of para-hydroxylation sites is 1. The number of aromatic nitrogens is 1. The average Bonchev–Trinajstić information content (AvgIpc) is 3.25. The molecule has 0 spiro atoms. The van der Waals surface area contributed by atoms with Crippen molar-refractivity contribution in [3.63, 3.8) is 0 Å². The number of carboxylic acids is 1. The average molecular weight is 548 g/mol. The van der Waals surface area contributed by atoms with Crippen molar-refractivity contribution < 1.29 is 19.4 Å². The van der Waals surface area contributed by atoms with Crippen LogP contribution >= 0.6 is 34.8 Å². The number of H-pyrrole nitrogens is 1. The molecule has 0 saturated carbocycles. The lowest BCUT2D eigenvalue weighted by molar-refractivity contribution is -0.139. The van der Waals surface area contributed by atoms with Gasteiger partial charge in [0.15, 0.2) is 11.5 Å². The standard InChI is InChI=1S/C27H25Cl3N2O4/c1-2-35-25-11-16(10-22(30)26(25)36-15-19-20(28)7-5-8-21(19)29)13-31-24(27(33)34)12-17-14-32-23-9-4-3-6-18(17)23/h3-11,14,24,31-32H,2,12-13,15H2,1H3,(H,33,34)/t24-/m1/s1. The molecule has 0 unspecified atom stereocenters. The minimum absolute atomic E-state index is 0.113. The van der Waals surface area contributed by atoms with Crippen molar-refractivity contribution in [2.75, 3.05) is 6.61 Å². The van der Waals surface area contributed by atoms with Crippen molar-refractivity contribution in [3.05, 3.63) is 92.6 Å². The van der Waals surface area contributed by atoms with E-state index in [1.54, 1.807) is 30.3 Å². The van der Waals surface area contributed by atoms with Gasteiger partial charge in [0, 0.05) is 45.7 Å². The maximum atomic E-state index is 12.0. The summed E-state index contributed by atoms with van der Waals surface area (Å²) in [5, 5.41) is 15.3. The van der Waals surface area contributed by atoms with Gasteiger partial charge in [0.05, 0.1) is 11.6 Å². The van der Waals surface area contributed by atoms with Crippen molar-refractivity contribution in [2.24, 2.45) is 0 Å². The summed E-state index contributed by atoms with van der Waals surface area (Å²) in [5.41, 5.74) is 3.31. The van der Waals surface area contributed by atoms with E-state index in [0.29, 0.717) is 45.2 Å². The zero-order chi connectivity index (χ0) is 25.7. The van der Waals surface area contributed by atoms with E-state index in [2.05, 4.69) is 10.3 Å². The Labute approximate surface area is 224 Å². The van der Waals surface area contributed by atoms with Gasteiger partial charge in [0.2, 0.25) is 0 Å². The third-order valence-corrected chi connectivity index (χ3v) is 6.73. The molecule has 1 heterocycles. The highest BCUT2D eigenvalue weighted by Gasteiger charge is 2.21. The highest BCUT2D eigenvalue weighted by molar-refractivity contribution is 6.36. The molecule has 0 aliphatic rings. The van der Waals surface area contributed by atoms with Gasteiger partial charge in [-0.05, 0) is 48.4 Å². The van der Waals surface area contributed by atoms with Crippen molar-refractivity contribution >= 4 is 51.7 Å². The van der Waals surface area contributed by atoms with Crippen LogP contribution in [-0.2, 0) is 24.4 Å². The number of fused-ring (bicyclic) bond motifs is 1. The van der Waals surface area contributed by atoms with Crippen LogP contribution in [0.3, 0.4) is 0 Å². The van der Waals surface area contributed by atoms with Crippen LogP contribution in [0.5, 0.6) is 11.5 Å². The van der Waals surface area contributed by atoms with E-state index in [9.17, 15) is 9.90 Å². The van der Waals surface area contributed by atoms with Gasteiger partial charge in [-0.2, -0.15) is 0 Å². The number of rotatable bonds is 11. The van der Waals surface area contributed by atoms with Gasteiger partial charge in [0.1, 0.15) is 12.6 Å². The van der Waals surface area contributed by atoms with E-state index >= 15 is 0 Å². The zero-order valence-corrected chi connectivity index (χ0v) is 21.8. The molecule has 9 heteroatoms. The van der Waals surface area contributed by atoms with Crippen LogP contribution in [-0.4, -0.2) is 28.7 Å². The Bertz CT molecular complexity index is 1350. The number of benzene rings is 3. The molecule has 0 amide bonds. The van der Waals surface area contributed by atoms with Crippen molar-refractivity contribution in [1.29, 1.82) is 0 Å². The van der Waals surface area contributed by atoms with Gasteiger partial charge in [-0.15, -0.1) is 0 Å². The highest BCUT2D eigenvalue weighted by Crippen LogP contribution is 2.38. The Morgan fingerprint density at radius 2 is 1.78 bits per heavy atom. The molecule has 6 nitrogen and oxygen atoms in total. The quantitative estimate of drug-likeness (QED) is 0.190. The summed E-state index contributed by atoms with van der Waals surface area (Å²) in [6, 6.07) is 15.8. The Morgan fingerprint density at radius 1 is 1.03 bits per heavy atom. The maximum Gasteiger partial charge on any atom is 0.321 e. The summed E-state index contributed by atoms with van der Waals surface area (Å²) < 4.78 is 11.7. The Balaban J connectivity index is 1.49. The Hall–Kier alpha value is -2.90. The first kappa shape index (κ1) is 26.2. The molecule has 0 saturated heterocycles. The Kier molecular flexibility index (Phi) is 8.64. The molecular weight excluding hydrogens is 523 g/mol. The highest BCUT2D eigenvalue weighted by atomic mass is 35.5. The van der Waals surface area contributed by atoms with Gasteiger partial charge in [0.25, 0.3) is 0 Å². The predicted molar refractivity (Wildman–Crippen MR) is 144 cm³/mol. The molecule has 3 N–H and O–H groups in total. The number of hydrogen-bond donors (Lipinski definition) is 3. The summed E-state index contributed by atoms with van der Waals surface area (Å²) >= 11 is 19.1. The molecule has 1 atom stereocenters. The number of carbonyl (C=O) groups is 1. The molecule has 3 aromatic carbocycles. The van der Waals surface area contributed by atoms with Crippen LogP contribution in [0, 0.1) is 0 Å². The molecule has 36 heavy (non-hydrogen) atoms. The maximum absolute atomic E-state index is 12.0. The number of carboxylic acid groups (broad SMARTS) is 1. The van der Waals surface area contributed by atoms with E-state index < -0.39 is 12.0 Å². The number of halogens is 3. The molecule has 4 aromatic rings. The van der Waals surface area contributed by atoms with E-state index in [1.165, 1.54) is 0 Å². The summed E-state index contributed by atoms with van der Waals surface area (Å²) in [7, 11) is 0. The van der Waals surface area contributed by atoms with Crippen molar-refractivity contribution in [3.8, 4) is 11.5 Å². The van der Waals surface area contributed by atoms with E-state index in [4.69, 9.17) is 44.3 Å². The normalized spacial score (nSPS) is 12.0. The number of aliphatic carboxylic acids is 1. The minimum Gasteiger partial charge on any atom is -0.490 e. The summed E-state index contributed by atoms with van der Waals surface area (Å²) in [6.45, 7) is 2.64. The molecule has 188 valence electrons. The van der Waals surface area contributed by atoms with Crippen LogP contribution in [0.15, 0.2) is 60.8 Å². The molecular formula is C27H25Cl3N2O4. The molecule has 1 aromatic heterocycles. The smallest absolute Gasteiger partial charge is 0.321 e. The lowest BCUT2D eigenvalue weighted by Crippen LogP contribution is -2.38. The fourth-order valence-corrected chi connectivity index (χ4v) is 4.74. The lowest BCUT2D eigenvalue weighted by atomic mass is 10.0. The zero-order valence-electron chi connectivity index (χ0n) is 19.5. The fourth-order valence-electron chi connectivity index (χ4n) is 3.95. The van der Waals surface area contributed by atoms with Crippen molar-refractivity contribution in [2.45, 2.75) is 32.5 Å². The third kappa shape index (κ3) is 6.08.